The largest absolute Gasteiger partial charge is 0.366 e. The van der Waals surface area contributed by atoms with Crippen molar-refractivity contribution in [3.05, 3.63) is 40.1 Å². The Kier molecular flexibility index (Phi) is 4.46. The van der Waals surface area contributed by atoms with Crippen molar-refractivity contribution in [2.24, 2.45) is 5.73 Å². The van der Waals surface area contributed by atoms with Crippen LogP contribution in [0.4, 0.5) is 5.69 Å². The number of benzene rings is 1. The fourth-order valence-corrected chi connectivity index (χ4v) is 1.71. The first-order valence-electron chi connectivity index (χ1n) is 5.57. The molecule has 0 atom stereocenters. The Labute approximate surface area is 116 Å². The van der Waals surface area contributed by atoms with Crippen LogP contribution in [0.1, 0.15) is 21.5 Å². The molecule has 0 aliphatic heterocycles. The number of hydrogen-bond acceptors (Lipinski definition) is 5. The van der Waals surface area contributed by atoms with Gasteiger partial charge in [0.2, 0.25) is 5.91 Å². The van der Waals surface area contributed by atoms with E-state index < -0.39 is 5.91 Å². The molecule has 0 bridgehead atoms. The summed E-state index contributed by atoms with van der Waals surface area (Å²) in [6, 6.07) is 8.23. The Bertz CT molecular complexity index is 686. The molecule has 0 aliphatic rings. The third-order valence-electron chi connectivity index (χ3n) is 2.65. The summed E-state index contributed by atoms with van der Waals surface area (Å²) in [6.45, 7) is 3.46. The van der Waals surface area contributed by atoms with Gasteiger partial charge in [-0.15, -0.1) is 0 Å². The maximum Gasteiger partial charge on any atom is 0.248 e. The van der Waals surface area contributed by atoms with Crippen LogP contribution < -0.4 is 11.1 Å². The van der Waals surface area contributed by atoms with E-state index in [-0.39, 0.29) is 11.3 Å². The number of anilines is 1. The average Bonchev–Trinajstić information content (AvgIpc) is 2.41. The maximum atomic E-state index is 11.1. The standard InChI is InChI=1S/C14H11N5O/c1-8-3-10(14(18)20)4-9(2)13(8)19-12(7-17)11(5-15)6-16/h3-4,19H,1-2H3,(H2,18,20). The van der Waals surface area contributed by atoms with Gasteiger partial charge in [0.25, 0.3) is 0 Å². The molecule has 6 nitrogen and oxygen atoms in total. The topological polar surface area (TPSA) is 126 Å². The molecule has 0 fully saturated rings. The molecule has 98 valence electrons. The fourth-order valence-electron chi connectivity index (χ4n) is 1.71. The Hall–Kier alpha value is -3.30. The minimum Gasteiger partial charge on any atom is -0.366 e. The SMILES string of the molecule is Cc1cc(C(N)=O)cc(C)c1NC(C#N)=C(C#N)C#N. The first kappa shape index (κ1) is 14.8. The number of nitrogens with two attached hydrogens (primary N) is 1. The van der Waals surface area contributed by atoms with E-state index in [2.05, 4.69) is 5.32 Å². The van der Waals surface area contributed by atoms with Gasteiger partial charge in [0, 0.05) is 11.3 Å². The highest BCUT2D eigenvalue weighted by Crippen LogP contribution is 2.24. The van der Waals surface area contributed by atoms with Crippen LogP contribution >= 0.6 is 0 Å². The van der Waals surface area contributed by atoms with E-state index in [9.17, 15) is 4.79 Å². The van der Waals surface area contributed by atoms with Gasteiger partial charge in [-0.05, 0) is 37.1 Å². The van der Waals surface area contributed by atoms with Crippen LogP contribution in [-0.2, 0) is 0 Å². The van der Waals surface area contributed by atoms with Crippen LogP contribution in [0.5, 0.6) is 0 Å². The predicted octanol–water partition coefficient (Wildman–Crippen LogP) is 1.64. The molecule has 0 aliphatic carbocycles. The monoisotopic (exact) mass is 265 g/mol. The van der Waals surface area contributed by atoms with Gasteiger partial charge < -0.3 is 11.1 Å². The molecule has 0 unspecified atom stereocenters. The lowest BCUT2D eigenvalue weighted by atomic mass is 10.0. The molecule has 3 N–H and O–H groups in total. The van der Waals surface area contributed by atoms with E-state index in [1.165, 1.54) is 0 Å². The van der Waals surface area contributed by atoms with Gasteiger partial charge in [0.1, 0.15) is 23.9 Å². The summed E-state index contributed by atoms with van der Waals surface area (Å²) in [6.07, 6.45) is 0. The van der Waals surface area contributed by atoms with E-state index >= 15 is 0 Å². The zero-order valence-corrected chi connectivity index (χ0v) is 11.0. The number of aryl methyl sites for hydroxylation is 2. The molecule has 0 heterocycles. The Balaban J connectivity index is 3.35. The van der Waals surface area contributed by atoms with Gasteiger partial charge >= 0.3 is 0 Å². The molecular formula is C14H11N5O. The van der Waals surface area contributed by atoms with Gasteiger partial charge in [0.15, 0.2) is 5.57 Å². The molecule has 20 heavy (non-hydrogen) atoms. The number of hydrogen-bond donors (Lipinski definition) is 2. The third kappa shape index (κ3) is 2.93. The molecule has 1 amide bonds. The van der Waals surface area contributed by atoms with Crippen LogP contribution in [0.15, 0.2) is 23.4 Å². The van der Waals surface area contributed by atoms with Gasteiger partial charge in [-0.25, -0.2) is 0 Å². The number of primary amides is 1. The van der Waals surface area contributed by atoms with Crippen molar-refractivity contribution in [1.82, 2.24) is 0 Å². The van der Waals surface area contributed by atoms with Crippen molar-refractivity contribution < 1.29 is 4.79 Å². The second kappa shape index (κ2) is 6.04. The zero-order chi connectivity index (χ0) is 15.3. The molecule has 1 aromatic carbocycles. The number of nitrogens with one attached hydrogen (secondary N) is 1. The lowest BCUT2D eigenvalue weighted by Crippen LogP contribution is -2.12. The van der Waals surface area contributed by atoms with Crippen molar-refractivity contribution in [1.29, 1.82) is 15.8 Å². The fraction of sp³-hybridized carbons (Fsp3) is 0.143. The Morgan fingerprint density at radius 1 is 1.10 bits per heavy atom. The summed E-state index contributed by atoms with van der Waals surface area (Å²) in [7, 11) is 0. The molecule has 0 aromatic heterocycles. The number of nitrogens with zero attached hydrogens (tertiary/aromatic N) is 3. The minimum absolute atomic E-state index is 0.131. The molecule has 0 saturated carbocycles. The Morgan fingerprint density at radius 2 is 1.60 bits per heavy atom. The van der Waals surface area contributed by atoms with Crippen molar-refractivity contribution in [2.45, 2.75) is 13.8 Å². The van der Waals surface area contributed by atoms with Gasteiger partial charge in [-0.1, -0.05) is 0 Å². The summed E-state index contributed by atoms with van der Waals surface area (Å²) in [5.74, 6) is -0.548. The van der Waals surface area contributed by atoms with Crippen LogP contribution in [-0.4, -0.2) is 5.91 Å². The van der Waals surface area contributed by atoms with E-state index in [0.29, 0.717) is 22.4 Å². The molecule has 0 saturated heterocycles. The lowest BCUT2D eigenvalue weighted by Gasteiger charge is -2.13. The molecule has 1 aromatic rings. The second-order valence-electron chi connectivity index (χ2n) is 4.06. The number of carbonyl (C=O) groups is 1. The maximum absolute atomic E-state index is 11.1. The van der Waals surface area contributed by atoms with Crippen LogP contribution in [0.25, 0.3) is 0 Å². The average molecular weight is 265 g/mol. The molecule has 0 spiro atoms. The zero-order valence-electron chi connectivity index (χ0n) is 11.0. The number of nitriles is 3. The Morgan fingerprint density at radius 3 is 1.95 bits per heavy atom. The summed E-state index contributed by atoms with van der Waals surface area (Å²) in [5, 5.41) is 29.3. The van der Waals surface area contributed by atoms with Crippen LogP contribution in [0.3, 0.4) is 0 Å². The number of amides is 1. The number of allylic oxidation sites excluding steroid dienone is 2. The highest BCUT2D eigenvalue weighted by molar-refractivity contribution is 5.94. The van der Waals surface area contributed by atoms with Gasteiger partial charge in [-0.2, -0.15) is 15.8 Å². The number of carbonyl (C=O) groups excluding carboxylic acids is 1. The quantitative estimate of drug-likeness (QED) is 0.803. The normalized spacial score (nSPS) is 8.75. The predicted molar refractivity (Wildman–Crippen MR) is 71.9 cm³/mol. The number of rotatable bonds is 3. The second-order valence-corrected chi connectivity index (χ2v) is 4.06. The summed E-state index contributed by atoms with van der Waals surface area (Å²) in [5.41, 5.74) is 7.07. The van der Waals surface area contributed by atoms with Gasteiger partial charge in [0.05, 0.1) is 0 Å². The van der Waals surface area contributed by atoms with E-state index in [4.69, 9.17) is 21.5 Å². The molecule has 6 heteroatoms. The van der Waals surface area contributed by atoms with E-state index in [0.717, 1.165) is 0 Å². The van der Waals surface area contributed by atoms with Crippen molar-refractivity contribution in [2.75, 3.05) is 5.32 Å². The van der Waals surface area contributed by atoms with E-state index in [1.54, 1.807) is 44.2 Å². The first-order chi connectivity index (χ1) is 9.44. The summed E-state index contributed by atoms with van der Waals surface area (Å²) < 4.78 is 0. The molecule has 1 rings (SSSR count). The van der Waals surface area contributed by atoms with Crippen LogP contribution in [0.2, 0.25) is 0 Å². The molecular weight excluding hydrogens is 254 g/mol. The summed E-state index contributed by atoms with van der Waals surface area (Å²) >= 11 is 0. The van der Waals surface area contributed by atoms with Crippen molar-refractivity contribution in [3.63, 3.8) is 0 Å². The van der Waals surface area contributed by atoms with Crippen molar-refractivity contribution in [3.8, 4) is 18.2 Å². The van der Waals surface area contributed by atoms with Crippen LogP contribution in [0, 0.1) is 47.8 Å². The highest BCUT2D eigenvalue weighted by Gasteiger charge is 2.12. The van der Waals surface area contributed by atoms with Gasteiger partial charge in [-0.3, -0.25) is 4.79 Å². The molecule has 0 radical (unpaired) electrons. The minimum atomic E-state index is -0.548. The van der Waals surface area contributed by atoms with Crippen molar-refractivity contribution >= 4 is 11.6 Å². The third-order valence-corrected chi connectivity index (χ3v) is 2.65. The van der Waals surface area contributed by atoms with E-state index in [1.807, 2.05) is 0 Å². The highest BCUT2D eigenvalue weighted by atomic mass is 16.1. The smallest absolute Gasteiger partial charge is 0.248 e. The first-order valence-corrected chi connectivity index (χ1v) is 5.57. The summed E-state index contributed by atoms with van der Waals surface area (Å²) in [4.78, 5) is 11.1. The lowest BCUT2D eigenvalue weighted by molar-refractivity contribution is 0.1000.